The molecule has 0 aromatic carbocycles. The smallest absolute Gasteiger partial charge is 0.243 e. The van der Waals surface area contributed by atoms with Crippen LogP contribution in [0, 0.1) is 5.92 Å². The van der Waals surface area contributed by atoms with Crippen molar-refractivity contribution in [2.24, 2.45) is 11.7 Å². The molecule has 1 aromatic rings. The maximum Gasteiger partial charge on any atom is 0.243 e. The van der Waals surface area contributed by atoms with Crippen LogP contribution >= 0.6 is 11.3 Å². The Bertz CT molecular complexity index is 473. The van der Waals surface area contributed by atoms with Crippen LogP contribution in [-0.2, 0) is 16.6 Å². The highest BCUT2D eigenvalue weighted by atomic mass is 32.2. The molecule has 17 heavy (non-hydrogen) atoms. The highest BCUT2D eigenvalue weighted by molar-refractivity contribution is 7.89. The van der Waals surface area contributed by atoms with Gasteiger partial charge >= 0.3 is 0 Å². The second-order valence-corrected chi connectivity index (χ2v) is 7.47. The van der Waals surface area contributed by atoms with E-state index in [1.165, 1.54) is 11.3 Å². The lowest BCUT2D eigenvalue weighted by Gasteiger charge is -2.29. The molecule has 0 radical (unpaired) electrons. The maximum atomic E-state index is 12.3. The summed E-state index contributed by atoms with van der Waals surface area (Å²) in [5.41, 5.74) is 5.51. The number of thiophene rings is 1. The number of rotatable bonds is 3. The summed E-state index contributed by atoms with van der Waals surface area (Å²) in [6.45, 7) is 3.84. The van der Waals surface area contributed by atoms with Gasteiger partial charge in [-0.15, -0.1) is 11.3 Å². The molecule has 0 saturated carbocycles. The standard InChI is InChI=1S/C11H18N2O2S2/c1-9-2-4-13(5-3-9)17(14,15)11-6-10(7-12)16-8-11/h6,8-9H,2-5,7,12H2,1H3. The average Bonchev–Trinajstić information content (AvgIpc) is 2.78. The Morgan fingerprint density at radius 1 is 1.47 bits per heavy atom. The first-order chi connectivity index (χ1) is 8.04. The van der Waals surface area contributed by atoms with Crippen molar-refractivity contribution in [3.63, 3.8) is 0 Å². The minimum absolute atomic E-state index is 0.400. The van der Waals surface area contributed by atoms with Crippen molar-refractivity contribution >= 4 is 21.4 Å². The molecule has 1 fully saturated rings. The lowest BCUT2D eigenvalue weighted by atomic mass is 10.0. The Hall–Kier alpha value is -0.430. The molecule has 4 nitrogen and oxygen atoms in total. The first-order valence-corrected chi connectivity index (χ1v) is 8.13. The van der Waals surface area contributed by atoms with E-state index in [2.05, 4.69) is 6.92 Å². The predicted octanol–water partition coefficient (Wildman–Crippen LogP) is 1.63. The lowest BCUT2D eigenvalue weighted by molar-refractivity contribution is 0.288. The zero-order chi connectivity index (χ0) is 12.5. The largest absolute Gasteiger partial charge is 0.326 e. The molecule has 6 heteroatoms. The molecule has 1 aliphatic heterocycles. The molecule has 0 aliphatic carbocycles. The van der Waals surface area contributed by atoms with Gasteiger partial charge in [-0.3, -0.25) is 0 Å². The van der Waals surface area contributed by atoms with Crippen molar-refractivity contribution in [3.8, 4) is 0 Å². The van der Waals surface area contributed by atoms with Crippen LogP contribution in [0.5, 0.6) is 0 Å². The average molecular weight is 274 g/mol. The van der Waals surface area contributed by atoms with Crippen molar-refractivity contribution in [2.75, 3.05) is 13.1 Å². The second-order valence-electron chi connectivity index (χ2n) is 4.54. The molecule has 2 rings (SSSR count). The minimum atomic E-state index is -3.29. The molecule has 0 bridgehead atoms. The van der Waals surface area contributed by atoms with E-state index in [1.54, 1.807) is 15.8 Å². The molecular weight excluding hydrogens is 256 g/mol. The van der Waals surface area contributed by atoms with Crippen molar-refractivity contribution < 1.29 is 8.42 Å². The van der Waals surface area contributed by atoms with Crippen LogP contribution in [0.2, 0.25) is 0 Å². The number of nitrogens with zero attached hydrogens (tertiary/aromatic N) is 1. The molecule has 1 saturated heterocycles. The van der Waals surface area contributed by atoms with Gasteiger partial charge in [-0.1, -0.05) is 6.92 Å². The molecule has 0 atom stereocenters. The van der Waals surface area contributed by atoms with Crippen LogP contribution < -0.4 is 5.73 Å². The summed E-state index contributed by atoms with van der Waals surface area (Å²) in [7, 11) is -3.29. The second kappa shape index (κ2) is 5.06. The zero-order valence-corrected chi connectivity index (χ0v) is 11.6. The summed E-state index contributed by atoms with van der Waals surface area (Å²) in [5, 5.41) is 1.69. The summed E-state index contributed by atoms with van der Waals surface area (Å²) in [4.78, 5) is 1.31. The number of hydrogen-bond acceptors (Lipinski definition) is 4. The predicted molar refractivity (Wildman–Crippen MR) is 69.4 cm³/mol. The van der Waals surface area contributed by atoms with Gasteiger partial charge in [0.2, 0.25) is 10.0 Å². The van der Waals surface area contributed by atoms with E-state index in [1.807, 2.05) is 0 Å². The van der Waals surface area contributed by atoms with Crippen LogP contribution in [-0.4, -0.2) is 25.8 Å². The first kappa shape index (κ1) is 13.0. The third-order valence-corrected chi connectivity index (χ3v) is 6.20. The van der Waals surface area contributed by atoms with Crippen LogP contribution in [0.25, 0.3) is 0 Å². The van der Waals surface area contributed by atoms with Gasteiger partial charge in [0, 0.05) is 29.9 Å². The summed E-state index contributed by atoms with van der Waals surface area (Å²) in [6.07, 6.45) is 1.90. The number of nitrogens with two attached hydrogens (primary N) is 1. The SMILES string of the molecule is CC1CCN(S(=O)(=O)c2csc(CN)c2)CC1. The van der Waals surface area contributed by atoms with Gasteiger partial charge in [0.1, 0.15) is 0 Å². The van der Waals surface area contributed by atoms with E-state index < -0.39 is 10.0 Å². The van der Waals surface area contributed by atoms with Crippen molar-refractivity contribution in [3.05, 3.63) is 16.3 Å². The fourth-order valence-corrected chi connectivity index (χ4v) is 4.59. The van der Waals surface area contributed by atoms with E-state index in [0.717, 1.165) is 17.7 Å². The molecule has 2 heterocycles. The van der Waals surface area contributed by atoms with Gasteiger partial charge in [0.25, 0.3) is 0 Å². The Balaban J connectivity index is 2.18. The molecule has 0 spiro atoms. The van der Waals surface area contributed by atoms with Gasteiger partial charge < -0.3 is 5.73 Å². The number of piperidine rings is 1. The van der Waals surface area contributed by atoms with Crippen molar-refractivity contribution in [1.82, 2.24) is 4.31 Å². The number of sulfonamides is 1. The van der Waals surface area contributed by atoms with Crippen molar-refractivity contribution in [2.45, 2.75) is 31.2 Å². The summed E-state index contributed by atoms with van der Waals surface area (Å²) < 4.78 is 26.2. The quantitative estimate of drug-likeness (QED) is 0.911. The van der Waals surface area contributed by atoms with Gasteiger partial charge in [-0.25, -0.2) is 8.42 Å². The normalized spacial score (nSPS) is 19.6. The zero-order valence-electron chi connectivity index (χ0n) is 9.93. The highest BCUT2D eigenvalue weighted by Crippen LogP contribution is 2.26. The fourth-order valence-electron chi connectivity index (χ4n) is 1.98. The lowest BCUT2D eigenvalue weighted by Crippen LogP contribution is -2.37. The van der Waals surface area contributed by atoms with E-state index in [0.29, 0.717) is 30.4 Å². The third kappa shape index (κ3) is 2.70. The van der Waals surface area contributed by atoms with Crippen LogP contribution in [0.4, 0.5) is 0 Å². The molecule has 2 N–H and O–H groups in total. The maximum absolute atomic E-state index is 12.3. The molecule has 1 aliphatic rings. The third-order valence-electron chi connectivity index (χ3n) is 3.21. The highest BCUT2D eigenvalue weighted by Gasteiger charge is 2.28. The molecule has 0 unspecified atom stereocenters. The summed E-state index contributed by atoms with van der Waals surface area (Å²) in [6, 6.07) is 1.69. The summed E-state index contributed by atoms with van der Waals surface area (Å²) in [5.74, 6) is 0.628. The monoisotopic (exact) mass is 274 g/mol. The van der Waals surface area contributed by atoms with E-state index in [9.17, 15) is 8.42 Å². The first-order valence-electron chi connectivity index (χ1n) is 5.81. The van der Waals surface area contributed by atoms with E-state index in [-0.39, 0.29) is 0 Å². The Morgan fingerprint density at radius 3 is 2.65 bits per heavy atom. The minimum Gasteiger partial charge on any atom is -0.326 e. The van der Waals surface area contributed by atoms with Crippen molar-refractivity contribution in [1.29, 1.82) is 0 Å². The molecule has 96 valence electrons. The van der Waals surface area contributed by atoms with Crippen LogP contribution in [0.15, 0.2) is 16.3 Å². The van der Waals surface area contributed by atoms with Gasteiger partial charge in [-0.2, -0.15) is 4.31 Å². The molecular formula is C11H18N2O2S2. The molecule has 1 aromatic heterocycles. The van der Waals surface area contributed by atoms with E-state index >= 15 is 0 Å². The number of hydrogen-bond donors (Lipinski definition) is 1. The van der Waals surface area contributed by atoms with Gasteiger partial charge in [0.05, 0.1) is 4.90 Å². The van der Waals surface area contributed by atoms with Crippen LogP contribution in [0.3, 0.4) is 0 Å². The van der Waals surface area contributed by atoms with Gasteiger partial charge in [-0.05, 0) is 24.8 Å². The Labute approximate surface area is 106 Å². The Kier molecular flexibility index (Phi) is 3.87. The topological polar surface area (TPSA) is 63.4 Å². The summed E-state index contributed by atoms with van der Waals surface area (Å²) >= 11 is 1.41. The Morgan fingerprint density at radius 2 is 2.12 bits per heavy atom. The van der Waals surface area contributed by atoms with E-state index in [4.69, 9.17) is 5.73 Å². The molecule has 0 amide bonds. The van der Waals surface area contributed by atoms with Gasteiger partial charge in [0.15, 0.2) is 0 Å². The van der Waals surface area contributed by atoms with Crippen LogP contribution in [0.1, 0.15) is 24.6 Å². The fraction of sp³-hybridized carbons (Fsp3) is 0.636.